The number of carboxylic acid groups (broad SMARTS) is 2. The van der Waals surface area contributed by atoms with E-state index >= 15 is 0 Å². The van der Waals surface area contributed by atoms with Crippen molar-refractivity contribution < 1.29 is 54.8 Å². The largest absolute Gasteiger partial charge is 0.506 e. The Labute approximate surface area is 228 Å². The van der Waals surface area contributed by atoms with Crippen molar-refractivity contribution in [2.75, 3.05) is 6.61 Å². The number of aliphatic hydroxyl groups is 4. The quantitative estimate of drug-likeness (QED) is 0.144. The maximum absolute atomic E-state index is 12.1. The van der Waals surface area contributed by atoms with E-state index in [-0.39, 0.29) is 44.7 Å². The van der Waals surface area contributed by atoms with Gasteiger partial charge in [-0.2, -0.15) is 0 Å². The standard InChI is InChI=1S/C16H17NO9.C10H7NO4/c18-5-10-12(20)13(21)14(22)16(26-10)25-9-3-1-2-6-8(19)4-7(15(23)24)17-11(6)9;12-7-3-1-2-5-8(13)4-6(10(14)15)11-9(5)7/h1-4,10,12-14,16,18,20-22H,5H2,(H,17,19)(H,23,24);1-4,12H,(H,11,13)(H,14,15)/t10?,12-,13+,14?,16-;/m1./s1. The first-order chi connectivity index (χ1) is 19.4. The van der Waals surface area contributed by atoms with Crippen LogP contribution in [-0.4, -0.2) is 95.0 Å². The molecule has 2 aromatic carbocycles. The summed E-state index contributed by atoms with van der Waals surface area (Å²) in [5.74, 6) is -2.73. The molecule has 1 fully saturated rings. The minimum absolute atomic E-state index is 0.00738. The average Bonchev–Trinajstić information content (AvgIpc) is 2.94. The summed E-state index contributed by atoms with van der Waals surface area (Å²) in [5, 5.41) is 66.5. The number of phenols is 1. The topological polar surface area (TPSA) is 260 Å². The third-order valence-corrected chi connectivity index (χ3v) is 6.22. The van der Waals surface area contributed by atoms with Crippen molar-refractivity contribution >= 4 is 33.7 Å². The van der Waals surface area contributed by atoms with Crippen LogP contribution in [0, 0.1) is 0 Å². The molecule has 41 heavy (non-hydrogen) atoms. The Kier molecular flexibility index (Phi) is 8.36. The van der Waals surface area contributed by atoms with Crippen molar-refractivity contribution in [3.05, 3.63) is 80.4 Å². The fraction of sp³-hybridized carbons (Fsp3) is 0.231. The molecule has 0 bridgehead atoms. The van der Waals surface area contributed by atoms with Gasteiger partial charge in [0.1, 0.15) is 47.3 Å². The second-order valence-corrected chi connectivity index (χ2v) is 8.90. The van der Waals surface area contributed by atoms with E-state index in [2.05, 4.69) is 9.97 Å². The number of aromatic carboxylic acids is 2. The predicted octanol–water partition coefficient (Wildman–Crippen LogP) is -0.663. The smallest absolute Gasteiger partial charge is 0.352 e. The lowest BCUT2D eigenvalue weighted by atomic mass is 9.99. The maximum atomic E-state index is 12.1. The van der Waals surface area contributed by atoms with Crippen LogP contribution in [0.2, 0.25) is 0 Å². The lowest BCUT2D eigenvalue weighted by Crippen LogP contribution is -2.60. The van der Waals surface area contributed by atoms with Crippen molar-refractivity contribution in [2.24, 2.45) is 0 Å². The Bertz CT molecular complexity index is 1730. The average molecular weight is 572 g/mol. The molecule has 1 saturated heterocycles. The molecule has 5 rings (SSSR count). The fourth-order valence-electron chi connectivity index (χ4n) is 4.12. The van der Waals surface area contributed by atoms with Gasteiger partial charge in [0, 0.05) is 22.9 Å². The number of para-hydroxylation sites is 2. The number of pyridine rings is 2. The molecule has 3 heterocycles. The Balaban J connectivity index is 0.000000218. The lowest BCUT2D eigenvalue weighted by molar-refractivity contribution is -0.277. The van der Waals surface area contributed by atoms with Gasteiger partial charge in [-0.05, 0) is 24.3 Å². The van der Waals surface area contributed by atoms with Gasteiger partial charge in [-0.1, -0.05) is 12.1 Å². The first kappa shape index (κ1) is 29.2. The van der Waals surface area contributed by atoms with Crippen LogP contribution in [0.1, 0.15) is 21.0 Å². The van der Waals surface area contributed by atoms with Crippen LogP contribution < -0.4 is 15.6 Å². The first-order valence-electron chi connectivity index (χ1n) is 11.9. The number of aromatic amines is 2. The summed E-state index contributed by atoms with van der Waals surface area (Å²) in [7, 11) is 0. The summed E-state index contributed by atoms with van der Waals surface area (Å²) in [5.41, 5.74) is -1.37. The number of benzene rings is 2. The van der Waals surface area contributed by atoms with E-state index in [0.717, 1.165) is 12.1 Å². The third kappa shape index (κ3) is 5.88. The Morgan fingerprint density at radius 3 is 1.90 bits per heavy atom. The molecule has 9 N–H and O–H groups in total. The number of ether oxygens (including phenoxy) is 2. The van der Waals surface area contributed by atoms with E-state index in [9.17, 15) is 44.7 Å². The number of phenolic OH excluding ortho intramolecular Hbond substituents is 1. The van der Waals surface area contributed by atoms with Gasteiger partial charge in [-0.3, -0.25) is 9.59 Å². The number of carbonyl (C=O) groups is 2. The Hall–Kier alpha value is -4.80. The van der Waals surface area contributed by atoms with Gasteiger partial charge in [-0.15, -0.1) is 0 Å². The van der Waals surface area contributed by atoms with Crippen molar-refractivity contribution in [2.45, 2.75) is 30.7 Å². The van der Waals surface area contributed by atoms with Crippen molar-refractivity contribution in [1.29, 1.82) is 0 Å². The van der Waals surface area contributed by atoms with Gasteiger partial charge >= 0.3 is 11.9 Å². The molecule has 0 radical (unpaired) electrons. The van der Waals surface area contributed by atoms with E-state index in [4.69, 9.17) is 19.7 Å². The van der Waals surface area contributed by atoms with Crippen LogP contribution in [0.3, 0.4) is 0 Å². The van der Waals surface area contributed by atoms with Gasteiger partial charge in [-0.25, -0.2) is 9.59 Å². The van der Waals surface area contributed by atoms with Gasteiger partial charge in [0.2, 0.25) is 6.29 Å². The molecule has 2 aromatic heterocycles. The van der Waals surface area contributed by atoms with E-state index in [1.54, 1.807) is 0 Å². The molecule has 0 spiro atoms. The van der Waals surface area contributed by atoms with Crippen LogP contribution in [0.25, 0.3) is 21.8 Å². The number of aliphatic hydroxyl groups excluding tert-OH is 4. The zero-order valence-electron chi connectivity index (χ0n) is 20.8. The molecular weight excluding hydrogens is 548 g/mol. The molecule has 2 unspecified atom stereocenters. The van der Waals surface area contributed by atoms with Crippen LogP contribution in [0.5, 0.6) is 11.5 Å². The molecule has 1 aliphatic rings. The molecule has 0 saturated carbocycles. The summed E-state index contributed by atoms with van der Waals surface area (Å²) in [6.07, 6.45) is -7.44. The molecular formula is C26H24N2O13. The minimum Gasteiger partial charge on any atom is -0.506 e. The zero-order valence-corrected chi connectivity index (χ0v) is 20.8. The highest BCUT2D eigenvalue weighted by Crippen LogP contribution is 2.28. The monoisotopic (exact) mass is 572 g/mol. The number of carboxylic acids is 2. The van der Waals surface area contributed by atoms with Crippen LogP contribution in [0.15, 0.2) is 58.1 Å². The molecule has 5 atom stereocenters. The molecule has 0 amide bonds. The molecule has 4 aromatic rings. The number of H-pyrrole nitrogens is 2. The number of fused-ring (bicyclic) bond motifs is 2. The number of hydrogen-bond donors (Lipinski definition) is 9. The minimum atomic E-state index is -1.64. The van der Waals surface area contributed by atoms with Crippen molar-refractivity contribution in [3.63, 3.8) is 0 Å². The maximum Gasteiger partial charge on any atom is 0.352 e. The summed E-state index contributed by atoms with van der Waals surface area (Å²) in [4.78, 5) is 50.4. The SMILES string of the molecule is O=C(O)c1cc(=O)c2cccc(O)c2[nH]1.O=C(O)c1cc(=O)c2cccc(O[C@@H]3OC(CO)[C@@H](O)[C@H](O)C3O)c2[nH]1. The van der Waals surface area contributed by atoms with Gasteiger partial charge in [0.25, 0.3) is 0 Å². The highest BCUT2D eigenvalue weighted by molar-refractivity contribution is 5.92. The summed E-state index contributed by atoms with van der Waals surface area (Å²) >= 11 is 0. The lowest BCUT2D eigenvalue weighted by Gasteiger charge is -2.39. The number of rotatable bonds is 5. The van der Waals surface area contributed by atoms with Crippen molar-refractivity contribution in [3.8, 4) is 11.5 Å². The van der Waals surface area contributed by atoms with Gasteiger partial charge in [0.05, 0.1) is 17.6 Å². The summed E-state index contributed by atoms with van der Waals surface area (Å²) < 4.78 is 10.8. The Morgan fingerprint density at radius 2 is 1.34 bits per heavy atom. The summed E-state index contributed by atoms with van der Waals surface area (Å²) in [6, 6.07) is 10.7. The molecule has 1 aliphatic heterocycles. The summed E-state index contributed by atoms with van der Waals surface area (Å²) in [6.45, 7) is -0.625. The Morgan fingerprint density at radius 1 is 0.805 bits per heavy atom. The molecule has 15 nitrogen and oxygen atoms in total. The predicted molar refractivity (Wildman–Crippen MR) is 139 cm³/mol. The van der Waals surface area contributed by atoms with E-state index in [1.165, 1.54) is 36.4 Å². The van der Waals surface area contributed by atoms with E-state index < -0.39 is 60.1 Å². The van der Waals surface area contributed by atoms with Crippen LogP contribution >= 0.6 is 0 Å². The van der Waals surface area contributed by atoms with Crippen molar-refractivity contribution in [1.82, 2.24) is 9.97 Å². The zero-order chi connectivity index (χ0) is 30.0. The molecule has 0 aliphatic carbocycles. The molecule has 15 heteroatoms. The van der Waals surface area contributed by atoms with Gasteiger partial charge < -0.3 is 55.2 Å². The normalized spacial score (nSPS) is 22.1. The second-order valence-electron chi connectivity index (χ2n) is 8.90. The number of aromatic hydroxyl groups is 1. The second kappa shape index (κ2) is 11.7. The third-order valence-electron chi connectivity index (χ3n) is 6.22. The number of aromatic nitrogens is 2. The van der Waals surface area contributed by atoms with Crippen LogP contribution in [0.4, 0.5) is 0 Å². The van der Waals surface area contributed by atoms with Gasteiger partial charge in [0.15, 0.2) is 10.9 Å². The number of hydrogen-bond acceptors (Lipinski definition) is 11. The highest BCUT2D eigenvalue weighted by Gasteiger charge is 2.44. The van der Waals surface area contributed by atoms with E-state index in [1.807, 2.05) is 0 Å². The van der Waals surface area contributed by atoms with Crippen LogP contribution in [-0.2, 0) is 4.74 Å². The van der Waals surface area contributed by atoms with E-state index in [0.29, 0.717) is 0 Å². The fourth-order valence-corrected chi connectivity index (χ4v) is 4.12. The first-order valence-corrected chi connectivity index (χ1v) is 11.9. The number of nitrogens with one attached hydrogen (secondary N) is 2. The highest BCUT2D eigenvalue weighted by atomic mass is 16.7. The molecule has 216 valence electrons.